The van der Waals surface area contributed by atoms with Crippen molar-refractivity contribution in [1.29, 1.82) is 0 Å². The molecule has 0 unspecified atom stereocenters. The van der Waals surface area contributed by atoms with Crippen LogP contribution in [0.25, 0.3) is 55.7 Å². The van der Waals surface area contributed by atoms with Crippen LogP contribution in [0, 0.1) is 0 Å². The van der Waals surface area contributed by atoms with Gasteiger partial charge in [-0.15, -0.1) is 0 Å². The molecule has 8 heteroatoms. The minimum Gasteiger partial charge on any atom is -0.353 e. The average molecular weight is 478 g/mol. The molecule has 0 saturated carbocycles. The van der Waals surface area contributed by atoms with E-state index in [-0.39, 0.29) is 0 Å². The van der Waals surface area contributed by atoms with Gasteiger partial charge in [0.2, 0.25) is 0 Å². The first-order chi connectivity index (χ1) is 17.3. The van der Waals surface area contributed by atoms with Gasteiger partial charge in [-0.2, -0.15) is 16.4 Å². The number of likely N-dealkylation sites (tertiary alicyclic amines) is 1. The summed E-state index contributed by atoms with van der Waals surface area (Å²) in [4.78, 5) is 19.9. The number of nitrogens with one attached hydrogen (secondary N) is 2. The van der Waals surface area contributed by atoms with Crippen molar-refractivity contribution in [1.82, 2.24) is 35.0 Å². The maximum atomic E-state index is 4.70. The molecule has 1 saturated heterocycles. The molecule has 0 spiro atoms. The monoisotopic (exact) mass is 477 g/mol. The highest BCUT2D eigenvalue weighted by Crippen LogP contribution is 2.34. The molecule has 0 aromatic carbocycles. The molecule has 6 aromatic rings. The molecule has 1 aliphatic rings. The van der Waals surface area contributed by atoms with Crippen molar-refractivity contribution in [3.8, 4) is 33.9 Å². The lowest BCUT2D eigenvalue weighted by Gasteiger charge is -2.14. The lowest BCUT2D eigenvalue weighted by Crippen LogP contribution is -2.18. The fourth-order valence-corrected chi connectivity index (χ4v) is 5.64. The Kier molecular flexibility index (Phi) is 4.92. The van der Waals surface area contributed by atoms with Crippen LogP contribution < -0.4 is 0 Å². The molecule has 172 valence electrons. The van der Waals surface area contributed by atoms with E-state index in [9.17, 15) is 0 Å². The van der Waals surface area contributed by atoms with Gasteiger partial charge in [0.25, 0.3) is 0 Å². The zero-order valence-electron chi connectivity index (χ0n) is 19.0. The van der Waals surface area contributed by atoms with Crippen molar-refractivity contribution in [2.24, 2.45) is 0 Å². The topological polar surface area (TPSA) is 86.4 Å². The molecule has 7 heterocycles. The number of thiophene rings is 1. The summed E-state index contributed by atoms with van der Waals surface area (Å²) in [6.07, 6.45) is 10.1. The van der Waals surface area contributed by atoms with E-state index < -0.39 is 0 Å². The molecule has 1 fully saturated rings. The fourth-order valence-electron chi connectivity index (χ4n) is 5.00. The molecule has 7 rings (SSSR count). The third kappa shape index (κ3) is 3.71. The van der Waals surface area contributed by atoms with Crippen LogP contribution in [0.3, 0.4) is 0 Å². The van der Waals surface area contributed by atoms with E-state index in [1.54, 1.807) is 11.3 Å². The van der Waals surface area contributed by atoms with Gasteiger partial charge in [-0.25, -0.2) is 0 Å². The molecule has 7 nitrogen and oxygen atoms in total. The maximum absolute atomic E-state index is 4.70. The van der Waals surface area contributed by atoms with Gasteiger partial charge in [0.05, 0.1) is 28.8 Å². The van der Waals surface area contributed by atoms with E-state index in [1.807, 2.05) is 30.9 Å². The third-order valence-electron chi connectivity index (χ3n) is 6.74. The van der Waals surface area contributed by atoms with E-state index in [0.717, 1.165) is 62.3 Å². The molecular formula is C27H23N7S. The predicted molar refractivity (Wildman–Crippen MR) is 140 cm³/mol. The van der Waals surface area contributed by atoms with Crippen LogP contribution in [0.5, 0.6) is 0 Å². The molecule has 0 bridgehead atoms. The first-order valence-electron chi connectivity index (χ1n) is 11.8. The predicted octanol–water partition coefficient (Wildman–Crippen LogP) is 5.89. The number of H-pyrrole nitrogens is 2. The van der Waals surface area contributed by atoms with Crippen LogP contribution in [0.15, 0.2) is 65.9 Å². The molecule has 0 amide bonds. The summed E-state index contributed by atoms with van der Waals surface area (Å²) in [5.74, 6) is 0. The largest absolute Gasteiger partial charge is 0.353 e. The highest BCUT2D eigenvalue weighted by atomic mass is 32.1. The number of rotatable bonds is 5. The number of fused-ring (bicyclic) bond motifs is 2. The van der Waals surface area contributed by atoms with Gasteiger partial charge in [0.1, 0.15) is 5.69 Å². The van der Waals surface area contributed by atoms with E-state index in [4.69, 9.17) is 4.98 Å². The van der Waals surface area contributed by atoms with Crippen LogP contribution in [0.4, 0.5) is 0 Å². The molecule has 0 radical (unpaired) electrons. The Morgan fingerprint density at radius 2 is 1.80 bits per heavy atom. The second-order valence-electron chi connectivity index (χ2n) is 9.07. The quantitative estimate of drug-likeness (QED) is 0.323. The van der Waals surface area contributed by atoms with Crippen molar-refractivity contribution in [2.45, 2.75) is 19.4 Å². The Balaban J connectivity index is 1.28. The Bertz CT molecular complexity index is 1640. The second kappa shape index (κ2) is 8.41. The van der Waals surface area contributed by atoms with Crippen LogP contribution in [-0.2, 0) is 6.54 Å². The Morgan fingerprint density at radius 3 is 2.69 bits per heavy atom. The van der Waals surface area contributed by atoms with Gasteiger partial charge < -0.3 is 4.98 Å². The van der Waals surface area contributed by atoms with Crippen LogP contribution in [0.1, 0.15) is 18.4 Å². The van der Waals surface area contributed by atoms with E-state index in [2.05, 4.69) is 65.1 Å². The molecule has 0 atom stereocenters. The van der Waals surface area contributed by atoms with E-state index >= 15 is 0 Å². The average Bonchev–Trinajstić information content (AvgIpc) is 3.70. The summed E-state index contributed by atoms with van der Waals surface area (Å²) in [6, 6.07) is 10.6. The van der Waals surface area contributed by atoms with E-state index in [0.29, 0.717) is 0 Å². The maximum Gasteiger partial charge on any atom is 0.116 e. The summed E-state index contributed by atoms with van der Waals surface area (Å²) in [5.41, 5.74) is 9.03. The van der Waals surface area contributed by atoms with Crippen LogP contribution >= 0.6 is 11.3 Å². The van der Waals surface area contributed by atoms with Gasteiger partial charge >= 0.3 is 0 Å². The Hall–Kier alpha value is -3.88. The standard InChI is InChI=1S/C27H23N7S/c1-2-7-34(6-1)15-17-9-19(13-28-12-17)23-10-21-25(14-30-23)32-33-27(21)24-11-20-22(31-24)3-5-29-26(20)18-4-8-35-16-18/h3-5,8-14,16,31H,1-2,6-7,15H2,(H,32,33). The molecule has 35 heavy (non-hydrogen) atoms. The van der Waals surface area contributed by atoms with Crippen molar-refractivity contribution in [3.05, 3.63) is 71.4 Å². The summed E-state index contributed by atoms with van der Waals surface area (Å²) in [5, 5.41) is 14.1. The van der Waals surface area contributed by atoms with Crippen molar-refractivity contribution in [3.63, 3.8) is 0 Å². The lowest BCUT2D eigenvalue weighted by atomic mass is 10.1. The minimum atomic E-state index is 0.872. The first-order valence-corrected chi connectivity index (χ1v) is 12.8. The molecule has 0 aliphatic carbocycles. The highest BCUT2D eigenvalue weighted by molar-refractivity contribution is 7.08. The van der Waals surface area contributed by atoms with Crippen molar-refractivity contribution >= 4 is 33.1 Å². The molecule has 6 aromatic heterocycles. The zero-order valence-corrected chi connectivity index (χ0v) is 19.8. The van der Waals surface area contributed by atoms with E-state index in [1.165, 1.54) is 31.5 Å². The van der Waals surface area contributed by atoms with Gasteiger partial charge in [-0.1, -0.05) is 0 Å². The minimum absolute atomic E-state index is 0.872. The number of hydrogen-bond acceptors (Lipinski definition) is 6. The number of aromatic amines is 2. The third-order valence-corrected chi connectivity index (χ3v) is 7.42. The number of pyridine rings is 3. The summed E-state index contributed by atoms with van der Waals surface area (Å²) < 4.78 is 0. The number of hydrogen-bond donors (Lipinski definition) is 2. The summed E-state index contributed by atoms with van der Waals surface area (Å²) in [6.45, 7) is 3.28. The van der Waals surface area contributed by atoms with Crippen molar-refractivity contribution in [2.75, 3.05) is 13.1 Å². The number of nitrogens with zero attached hydrogens (tertiary/aromatic N) is 5. The lowest BCUT2D eigenvalue weighted by molar-refractivity contribution is 0.331. The number of aromatic nitrogens is 6. The van der Waals surface area contributed by atoms with Gasteiger partial charge in [-0.05, 0) is 67.2 Å². The highest BCUT2D eigenvalue weighted by Gasteiger charge is 2.16. The molecule has 1 aliphatic heterocycles. The van der Waals surface area contributed by atoms with Gasteiger partial charge in [-0.3, -0.25) is 25.0 Å². The Morgan fingerprint density at radius 1 is 0.886 bits per heavy atom. The Labute approximate surface area is 205 Å². The SMILES string of the molecule is c1cc2[nH]c(-c3n[nH]c4cnc(-c5cncc(CN6CCCC6)c5)cc34)cc2c(-c2ccsc2)n1. The van der Waals surface area contributed by atoms with Crippen LogP contribution in [0.2, 0.25) is 0 Å². The molecular weight excluding hydrogens is 454 g/mol. The molecule has 2 N–H and O–H groups in total. The van der Waals surface area contributed by atoms with Crippen molar-refractivity contribution < 1.29 is 0 Å². The van der Waals surface area contributed by atoms with Gasteiger partial charge in [0, 0.05) is 57.9 Å². The summed E-state index contributed by atoms with van der Waals surface area (Å²) >= 11 is 1.68. The smallest absolute Gasteiger partial charge is 0.116 e. The second-order valence-corrected chi connectivity index (χ2v) is 9.85. The van der Waals surface area contributed by atoms with Crippen LogP contribution in [-0.4, -0.2) is 48.1 Å². The first kappa shape index (κ1) is 20.5. The van der Waals surface area contributed by atoms with Gasteiger partial charge in [0.15, 0.2) is 0 Å². The normalized spacial score (nSPS) is 14.4. The fraction of sp³-hybridized carbons (Fsp3) is 0.185. The summed E-state index contributed by atoms with van der Waals surface area (Å²) in [7, 11) is 0. The zero-order chi connectivity index (χ0) is 23.2.